The van der Waals surface area contributed by atoms with E-state index in [2.05, 4.69) is 0 Å². The van der Waals surface area contributed by atoms with E-state index in [1.54, 1.807) is 0 Å². The summed E-state index contributed by atoms with van der Waals surface area (Å²) in [5, 5.41) is 17.4. The smallest absolute Gasteiger partial charge is 0.169 e. The van der Waals surface area contributed by atoms with Crippen LogP contribution in [0.2, 0.25) is 5.02 Å². The van der Waals surface area contributed by atoms with Crippen LogP contribution in [-0.2, 0) is 4.74 Å². The monoisotopic (exact) mass is 243 g/mol. The Kier molecular flexibility index (Phi) is 5.20. The van der Waals surface area contributed by atoms with Gasteiger partial charge in [0.15, 0.2) is 6.10 Å². The number of aliphatic hydroxyl groups excluding tert-OH is 1. The van der Waals surface area contributed by atoms with Crippen LogP contribution >= 0.6 is 11.6 Å². The van der Waals surface area contributed by atoms with E-state index in [0.717, 1.165) is 0 Å². The largest absolute Gasteiger partial charge is 0.396 e. The third-order valence-corrected chi connectivity index (χ3v) is 2.26. The first-order valence-electron chi connectivity index (χ1n) is 4.76. The van der Waals surface area contributed by atoms with Crippen molar-refractivity contribution in [1.82, 2.24) is 0 Å². The highest BCUT2D eigenvalue weighted by Crippen LogP contribution is 2.22. The number of benzene rings is 1. The molecule has 1 rings (SSSR count). The quantitative estimate of drug-likeness (QED) is 0.809. The van der Waals surface area contributed by atoms with E-state index in [1.807, 2.05) is 6.07 Å². The molecule has 1 aromatic carbocycles. The zero-order valence-electron chi connectivity index (χ0n) is 8.49. The Balaban J connectivity index is 2.72. The van der Waals surface area contributed by atoms with Gasteiger partial charge in [-0.2, -0.15) is 5.26 Å². The molecule has 0 fully saturated rings. The molecule has 0 saturated heterocycles. The van der Waals surface area contributed by atoms with Crippen molar-refractivity contribution in [3.05, 3.63) is 34.6 Å². The zero-order chi connectivity index (χ0) is 12.0. The van der Waals surface area contributed by atoms with Crippen LogP contribution in [0.5, 0.6) is 0 Å². The van der Waals surface area contributed by atoms with Crippen LogP contribution in [0.4, 0.5) is 4.39 Å². The topological polar surface area (TPSA) is 53.2 Å². The number of nitriles is 1. The van der Waals surface area contributed by atoms with Crippen LogP contribution in [0, 0.1) is 17.1 Å². The summed E-state index contributed by atoms with van der Waals surface area (Å²) in [6.07, 6.45) is -0.396. The first-order valence-corrected chi connectivity index (χ1v) is 5.14. The Morgan fingerprint density at radius 3 is 2.88 bits per heavy atom. The van der Waals surface area contributed by atoms with Crippen LogP contribution in [-0.4, -0.2) is 18.3 Å². The highest BCUT2D eigenvalue weighted by Gasteiger charge is 2.12. The molecule has 0 bridgehead atoms. The normalized spacial score (nSPS) is 12.1. The van der Waals surface area contributed by atoms with Gasteiger partial charge in [-0.05, 0) is 24.1 Å². The summed E-state index contributed by atoms with van der Waals surface area (Å²) in [6.45, 7) is 0.242. The van der Waals surface area contributed by atoms with Crippen molar-refractivity contribution in [2.75, 3.05) is 13.2 Å². The molecule has 0 aromatic heterocycles. The molecule has 86 valence electrons. The molecular weight excluding hydrogens is 233 g/mol. The van der Waals surface area contributed by atoms with E-state index in [0.29, 0.717) is 12.0 Å². The minimum Gasteiger partial charge on any atom is -0.396 e. The number of halogens is 2. The summed E-state index contributed by atoms with van der Waals surface area (Å²) in [7, 11) is 0. The molecule has 0 aliphatic rings. The van der Waals surface area contributed by atoms with Gasteiger partial charge in [-0.25, -0.2) is 4.39 Å². The fourth-order valence-electron chi connectivity index (χ4n) is 1.15. The highest BCUT2D eigenvalue weighted by atomic mass is 35.5. The first kappa shape index (κ1) is 12.9. The Morgan fingerprint density at radius 1 is 1.56 bits per heavy atom. The molecule has 0 radical (unpaired) electrons. The molecule has 5 heteroatoms. The van der Waals surface area contributed by atoms with Crippen molar-refractivity contribution in [2.24, 2.45) is 0 Å². The van der Waals surface area contributed by atoms with Crippen molar-refractivity contribution >= 4 is 11.6 Å². The second-order valence-electron chi connectivity index (χ2n) is 3.13. The molecule has 1 N–H and O–H groups in total. The number of hydrogen-bond donors (Lipinski definition) is 1. The Labute approximate surface area is 98.0 Å². The number of rotatable bonds is 5. The third kappa shape index (κ3) is 3.46. The fourth-order valence-corrected chi connectivity index (χ4v) is 1.27. The van der Waals surface area contributed by atoms with E-state index in [4.69, 9.17) is 26.7 Å². The molecule has 0 spiro atoms. The highest BCUT2D eigenvalue weighted by molar-refractivity contribution is 6.30. The van der Waals surface area contributed by atoms with Gasteiger partial charge in [-0.1, -0.05) is 17.7 Å². The standard InChI is InChI=1S/C11H11ClFNO2/c12-9-3-2-8(6-10(9)13)11(7-14)16-5-1-4-15/h2-3,6,11,15H,1,4-5H2. The van der Waals surface area contributed by atoms with Crippen LogP contribution in [0.1, 0.15) is 18.1 Å². The molecular formula is C11H11ClFNO2. The number of aliphatic hydroxyl groups is 1. The fraction of sp³-hybridized carbons (Fsp3) is 0.364. The molecule has 3 nitrogen and oxygen atoms in total. The van der Waals surface area contributed by atoms with Gasteiger partial charge in [0.2, 0.25) is 0 Å². The molecule has 0 amide bonds. The number of ether oxygens (including phenoxy) is 1. The summed E-state index contributed by atoms with van der Waals surface area (Å²) in [4.78, 5) is 0. The molecule has 1 atom stereocenters. The van der Waals surface area contributed by atoms with E-state index in [1.165, 1.54) is 18.2 Å². The lowest BCUT2D eigenvalue weighted by Gasteiger charge is -2.10. The lowest BCUT2D eigenvalue weighted by molar-refractivity contribution is 0.0772. The predicted molar refractivity (Wildman–Crippen MR) is 57.4 cm³/mol. The van der Waals surface area contributed by atoms with E-state index in [-0.39, 0.29) is 18.2 Å². The van der Waals surface area contributed by atoms with Gasteiger partial charge in [-0.15, -0.1) is 0 Å². The average molecular weight is 244 g/mol. The van der Waals surface area contributed by atoms with Gasteiger partial charge in [0.25, 0.3) is 0 Å². The van der Waals surface area contributed by atoms with Crippen LogP contribution in [0.25, 0.3) is 0 Å². The molecule has 0 saturated carbocycles. The average Bonchev–Trinajstić information content (AvgIpc) is 2.29. The van der Waals surface area contributed by atoms with Crippen molar-refractivity contribution in [1.29, 1.82) is 5.26 Å². The molecule has 1 unspecified atom stereocenters. The Bertz CT molecular complexity index is 392. The van der Waals surface area contributed by atoms with Crippen molar-refractivity contribution in [2.45, 2.75) is 12.5 Å². The second-order valence-corrected chi connectivity index (χ2v) is 3.54. The van der Waals surface area contributed by atoms with Crippen LogP contribution in [0.15, 0.2) is 18.2 Å². The lowest BCUT2D eigenvalue weighted by Crippen LogP contribution is -2.05. The van der Waals surface area contributed by atoms with Gasteiger partial charge < -0.3 is 9.84 Å². The molecule has 16 heavy (non-hydrogen) atoms. The van der Waals surface area contributed by atoms with E-state index >= 15 is 0 Å². The van der Waals surface area contributed by atoms with Crippen molar-refractivity contribution in [3.63, 3.8) is 0 Å². The Hall–Kier alpha value is -1.15. The van der Waals surface area contributed by atoms with E-state index in [9.17, 15) is 4.39 Å². The van der Waals surface area contributed by atoms with Gasteiger partial charge >= 0.3 is 0 Å². The summed E-state index contributed by atoms with van der Waals surface area (Å²) < 4.78 is 18.3. The van der Waals surface area contributed by atoms with Gasteiger partial charge in [0.05, 0.1) is 17.7 Å². The number of nitrogens with zero attached hydrogens (tertiary/aromatic N) is 1. The molecule has 0 heterocycles. The van der Waals surface area contributed by atoms with Crippen LogP contribution in [0.3, 0.4) is 0 Å². The first-order chi connectivity index (χ1) is 7.69. The zero-order valence-corrected chi connectivity index (χ0v) is 9.25. The van der Waals surface area contributed by atoms with Gasteiger partial charge in [-0.3, -0.25) is 0 Å². The summed E-state index contributed by atoms with van der Waals surface area (Å²) >= 11 is 5.52. The Morgan fingerprint density at radius 2 is 2.31 bits per heavy atom. The maximum absolute atomic E-state index is 13.1. The SMILES string of the molecule is N#CC(OCCCO)c1ccc(Cl)c(F)c1. The minimum absolute atomic E-state index is 0.00682. The maximum atomic E-state index is 13.1. The maximum Gasteiger partial charge on any atom is 0.169 e. The second kappa shape index (κ2) is 6.44. The summed E-state index contributed by atoms with van der Waals surface area (Å²) in [5.74, 6) is -0.579. The van der Waals surface area contributed by atoms with E-state index < -0.39 is 11.9 Å². The minimum atomic E-state index is -0.835. The van der Waals surface area contributed by atoms with Gasteiger partial charge in [0.1, 0.15) is 5.82 Å². The molecule has 1 aromatic rings. The van der Waals surface area contributed by atoms with Gasteiger partial charge in [0, 0.05) is 6.61 Å². The molecule has 0 aliphatic carbocycles. The summed E-state index contributed by atoms with van der Waals surface area (Å²) in [5.41, 5.74) is 0.419. The van der Waals surface area contributed by atoms with Crippen LogP contribution < -0.4 is 0 Å². The van der Waals surface area contributed by atoms with Crippen molar-refractivity contribution in [3.8, 4) is 6.07 Å². The lowest BCUT2D eigenvalue weighted by atomic mass is 10.1. The number of hydrogen-bond acceptors (Lipinski definition) is 3. The molecule has 0 aliphatic heterocycles. The third-order valence-electron chi connectivity index (χ3n) is 1.95. The predicted octanol–water partition coefficient (Wildman–Crippen LogP) is 2.44. The van der Waals surface area contributed by atoms with Crippen molar-refractivity contribution < 1.29 is 14.2 Å². The summed E-state index contributed by atoms with van der Waals surface area (Å²) in [6, 6.07) is 6.01.